The van der Waals surface area contributed by atoms with Gasteiger partial charge in [-0.05, 0) is 43.0 Å². The summed E-state index contributed by atoms with van der Waals surface area (Å²) in [5, 5.41) is 9.13. The molecule has 1 aromatic rings. The molecule has 0 bridgehead atoms. The minimum atomic E-state index is -0.787. The Bertz CT molecular complexity index is 625. The number of hydrogen-bond donors (Lipinski definition) is 1. The number of carbonyl (C=O) groups is 3. The molecule has 6 heteroatoms. The molecule has 0 spiro atoms. The van der Waals surface area contributed by atoms with Crippen LogP contribution in [0.1, 0.15) is 43.0 Å². The number of rotatable bonds is 7. The van der Waals surface area contributed by atoms with Gasteiger partial charge in [0.05, 0.1) is 13.0 Å². The third-order valence-corrected chi connectivity index (χ3v) is 4.78. The van der Waals surface area contributed by atoms with Crippen LogP contribution in [0.4, 0.5) is 0 Å². The van der Waals surface area contributed by atoms with Crippen molar-refractivity contribution < 1.29 is 24.2 Å². The van der Waals surface area contributed by atoms with Gasteiger partial charge in [-0.25, -0.2) is 0 Å². The predicted molar refractivity (Wildman–Crippen MR) is 92.7 cm³/mol. The van der Waals surface area contributed by atoms with E-state index in [1.807, 2.05) is 6.92 Å². The van der Waals surface area contributed by atoms with Crippen LogP contribution < -0.4 is 4.74 Å². The highest BCUT2D eigenvalue weighted by molar-refractivity contribution is 5.96. The zero-order valence-electron chi connectivity index (χ0n) is 14.7. The average Bonchev–Trinajstić information content (AvgIpc) is 2.61. The second-order valence-corrected chi connectivity index (χ2v) is 6.56. The van der Waals surface area contributed by atoms with Gasteiger partial charge < -0.3 is 14.7 Å². The monoisotopic (exact) mass is 347 g/mol. The van der Waals surface area contributed by atoms with Crippen molar-refractivity contribution in [3.63, 3.8) is 0 Å². The van der Waals surface area contributed by atoms with Gasteiger partial charge in [0.2, 0.25) is 5.91 Å². The molecule has 1 aliphatic rings. The largest absolute Gasteiger partial charge is 0.497 e. The number of hydrogen-bond acceptors (Lipinski definition) is 4. The van der Waals surface area contributed by atoms with E-state index in [9.17, 15) is 14.4 Å². The molecule has 0 radical (unpaired) electrons. The van der Waals surface area contributed by atoms with Crippen molar-refractivity contribution in [3.8, 4) is 5.75 Å². The summed E-state index contributed by atoms with van der Waals surface area (Å²) in [4.78, 5) is 37.3. The van der Waals surface area contributed by atoms with E-state index in [1.165, 1.54) is 0 Å². The van der Waals surface area contributed by atoms with Crippen LogP contribution in [0, 0.1) is 11.8 Å². The van der Waals surface area contributed by atoms with Crippen LogP contribution >= 0.6 is 0 Å². The molecule has 1 heterocycles. The van der Waals surface area contributed by atoms with Gasteiger partial charge in [-0.1, -0.05) is 6.92 Å². The molecule has 1 aliphatic heterocycles. The number of benzene rings is 1. The zero-order chi connectivity index (χ0) is 18.4. The molecule has 1 saturated heterocycles. The first kappa shape index (κ1) is 19.0. The van der Waals surface area contributed by atoms with E-state index in [0.29, 0.717) is 50.1 Å². The normalized spacial score (nSPS) is 20.2. The second kappa shape index (κ2) is 8.65. The summed E-state index contributed by atoms with van der Waals surface area (Å²) in [6.45, 7) is 2.82. The van der Waals surface area contributed by atoms with Crippen molar-refractivity contribution >= 4 is 17.7 Å². The lowest BCUT2D eigenvalue weighted by atomic mass is 9.87. The smallest absolute Gasteiger partial charge is 0.306 e. The summed E-state index contributed by atoms with van der Waals surface area (Å²) in [6, 6.07) is 6.93. The molecule has 2 rings (SSSR count). The minimum absolute atomic E-state index is 0.00165. The average molecular weight is 347 g/mol. The molecular formula is C19H25NO5. The van der Waals surface area contributed by atoms with Gasteiger partial charge in [0, 0.05) is 31.5 Å². The van der Waals surface area contributed by atoms with Crippen molar-refractivity contribution in [2.75, 3.05) is 20.2 Å². The highest BCUT2D eigenvalue weighted by atomic mass is 16.5. The van der Waals surface area contributed by atoms with Crippen LogP contribution in [-0.2, 0) is 9.59 Å². The number of carboxylic acid groups (broad SMARTS) is 1. The molecule has 0 aromatic heterocycles. The van der Waals surface area contributed by atoms with E-state index in [-0.39, 0.29) is 23.5 Å². The first-order valence-corrected chi connectivity index (χ1v) is 8.60. The van der Waals surface area contributed by atoms with Crippen LogP contribution in [0.3, 0.4) is 0 Å². The van der Waals surface area contributed by atoms with Crippen LogP contribution in [0.2, 0.25) is 0 Å². The number of carboxylic acids is 1. The topological polar surface area (TPSA) is 83.9 Å². The molecule has 1 aromatic carbocycles. The van der Waals surface area contributed by atoms with Gasteiger partial charge >= 0.3 is 5.97 Å². The lowest BCUT2D eigenvalue weighted by molar-refractivity contribution is -0.148. The fourth-order valence-corrected chi connectivity index (χ4v) is 3.22. The lowest BCUT2D eigenvalue weighted by Crippen LogP contribution is -2.44. The van der Waals surface area contributed by atoms with E-state index in [1.54, 1.807) is 36.3 Å². The number of likely N-dealkylation sites (tertiary alicyclic amines) is 1. The van der Waals surface area contributed by atoms with Gasteiger partial charge in [0.25, 0.3) is 0 Å². The molecule has 2 atom stereocenters. The van der Waals surface area contributed by atoms with Gasteiger partial charge in [0.15, 0.2) is 5.78 Å². The maximum Gasteiger partial charge on any atom is 0.306 e. The Morgan fingerprint density at radius 2 is 1.88 bits per heavy atom. The zero-order valence-corrected chi connectivity index (χ0v) is 14.7. The molecule has 6 nitrogen and oxygen atoms in total. The third kappa shape index (κ3) is 5.05. The predicted octanol–water partition coefficient (Wildman–Crippen LogP) is 2.62. The molecule has 1 N–H and O–H groups in total. The third-order valence-electron chi connectivity index (χ3n) is 4.78. The SMILES string of the molecule is COc1ccc(C(=O)CCCC(=O)N2CCC(C(=O)O)C(C)C2)cc1. The number of aliphatic carboxylic acids is 1. The highest BCUT2D eigenvalue weighted by Crippen LogP contribution is 2.24. The van der Waals surface area contributed by atoms with Crippen molar-refractivity contribution in [1.82, 2.24) is 4.90 Å². The van der Waals surface area contributed by atoms with Crippen LogP contribution in [-0.4, -0.2) is 47.9 Å². The number of ether oxygens (including phenoxy) is 1. The molecule has 2 unspecified atom stereocenters. The number of ketones is 1. The quantitative estimate of drug-likeness (QED) is 0.767. The molecular weight excluding hydrogens is 322 g/mol. The van der Waals surface area contributed by atoms with Crippen LogP contribution in [0.5, 0.6) is 5.75 Å². The van der Waals surface area contributed by atoms with Gasteiger partial charge in [-0.3, -0.25) is 14.4 Å². The number of Topliss-reactive ketones (excluding diaryl/α,β-unsaturated/α-hetero) is 1. The Balaban J connectivity index is 1.76. The van der Waals surface area contributed by atoms with E-state index in [2.05, 4.69) is 0 Å². The lowest BCUT2D eigenvalue weighted by Gasteiger charge is -2.35. The standard InChI is InChI=1S/C19H25NO5/c1-13-12-20(11-10-16(13)19(23)24)18(22)5-3-4-17(21)14-6-8-15(25-2)9-7-14/h6-9,13,16H,3-5,10-12H2,1-2H3,(H,23,24). The fourth-order valence-electron chi connectivity index (χ4n) is 3.22. The molecule has 0 saturated carbocycles. The summed E-state index contributed by atoms with van der Waals surface area (Å²) in [5.74, 6) is -0.501. The van der Waals surface area contributed by atoms with Gasteiger partial charge in [-0.2, -0.15) is 0 Å². The Labute approximate surface area is 147 Å². The molecule has 0 aliphatic carbocycles. The van der Waals surface area contributed by atoms with Gasteiger partial charge in [-0.15, -0.1) is 0 Å². The summed E-state index contributed by atoms with van der Waals surface area (Å²) in [5.41, 5.74) is 0.615. The Morgan fingerprint density at radius 1 is 1.20 bits per heavy atom. The first-order valence-electron chi connectivity index (χ1n) is 8.60. The Kier molecular flexibility index (Phi) is 6.56. The summed E-state index contributed by atoms with van der Waals surface area (Å²) < 4.78 is 5.06. The van der Waals surface area contributed by atoms with Crippen molar-refractivity contribution in [2.45, 2.75) is 32.6 Å². The number of amides is 1. The molecule has 1 amide bonds. The van der Waals surface area contributed by atoms with Crippen LogP contribution in [0.25, 0.3) is 0 Å². The first-order chi connectivity index (χ1) is 11.9. The number of methoxy groups -OCH3 is 1. The summed E-state index contributed by atoms with van der Waals surface area (Å²) in [7, 11) is 1.57. The minimum Gasteiger partial charge on any atom is -0.497 e. The molecule has 25 heavy (non-hydrogen) atoms. The number of nitrogens with zero attached hydrogens (tertiary/aromatic N) is 1. The maximum absolute atomic E-state index is 12.3. The van der Waals surface area contributed by atoms with Crippen molar-refractivity contribution in [1.29, 1.82) is 0 Å². The molecule has 1 fully saturated rings. The second-order valence-electron chi connectivity index (χ2n) is 6.56. The summed E-state index contributed by atoms with van der Waals surface area (Å²) >= 11 is 0. The Hall–Kier alpha value is -2.37. The number of piperidine rings is 1. The fraction of sp³-hybridized carbons (Fsp3) is 0.526. The molecule has 136 valence electrons. The van der Waals surface area contributed by atoms with Crippen molar-refractivity contribution in [2.24, 2.45) is 11.8 Å². The number of carbonyl (C=O) groups excluding carboxylic acids is 2. The van der Waals surface area contributed by atoms with Crippen molar-refractivity contribution in [3.05, 3.63) is 29.8 Å². The van der Waals surface area contributed by atoms with Gasteiger partial charge in [0.1, 0.15) is 5.75 Å². The van der Waals surface area contributed by atoms with E-state index in [0.717, 1.165) is 0 Å². The van der Waals surface area contributed by atoms with E-state index >= 15 is 0 Å². The van der Waals surface area contributed by atoms with Crippen LogP contribution in [0.15, 0.2) is 24.3 Å². The van der Waals surface area contributed by atoms with E-state index < -0.39 is 5.97 Å². The van der Waals surface area contributed by atoms with E-state index in [4.69, 9.17) is 9.84 Å². The summed E-state index contributed by atoms with van der Waals surface area (Å²) in [6.07, 6.45) is 1.62. The maximum atomic E-state index is 12.3. The Morgan fingerprint density at radius 3 is 2.44 bits per heavy atom. The highest BCUT2D eigenvalue weighted by Gasteiger charge is 2.32.